The molecule has 1 heterocycles. The SMILES string of the molecule is C/C1=C/c2ccccc2CCCCCCOC2CCCCC12. The molecule has 1 fully saturated rings. The van der Waals surface area contributed by atoms with Gasteiger partial charge < -0.3 is 4.74 Å². The molecule has 1 aromatic carbocycles. The van der Waals surface area contributed by atoms with E-state index in [-0.39, 0.29) is 0 Å². The van der Waals surface area contributed by atoms with Crippen molar-refractivity contribution in [2.45, 2.75) is 70.8 Å². The van der Waals surface area contributed by atoms with Crippen LogP contribution in [0.15, 0.2) is 29.8 Å². The highest BCUT2D eigenvalue weighted by Crippen LogP contribution is 2.34. The third-order valence-electron chi connectivity index (χ3n) is 5.40. The van der Waals surface area contributed by atoms with E-state index in [0.717, 1.165) is 6.61 Å². The Hall–Kier alpha value is -1.08. The van der Waals surface area contributed by atoms with Crippen LogP contribution in [0, 0.1) is 5.92 Å². The van der Waals surface area contributed by atoms with Crippen LogP contribution in [0.25, 0.3) is 6.08 Å². The van der Waals surface area contributed by atoms with Crippen molar-refractivity contribution < 1.29 is 4.74 Å². The van der Waals surface area contributed by atoms with Gasteiger partial charge in [-0.3, -0.25) is 0 Å². The number of aryl methyl sites for hydroxylation is 1. The molecule has 0 amide bonds. The molecule has 120 valence electrons. The first kappa shape index (κ1) is 15.8. The summed E-state index contributed by atoms with van der Waals surface area (Å²) in [6, 6.07) is 8.97. The van der Waals surface area contributed by atoms with Gasteiger partial charge in [-0.05, 0) is 50.2 Å². The van der Waals surface area contributed by atoms with Crippen LogP contribution in [0.5, 0.6) is 0 Å². The Kier molecular flexibility index (Phi) is 5.72. The summed E-state index contributed by atoms with van der Waals surface area (Å²) in [6.07, 6.45) is 14.5. The number of fused-ring (bicyclic) bond motifs is 2. The summed E-state index contributed by atoms with van der Waals surface area (Å²) in [5.74, 6) is 0.627. The molecular weight excluding hydrogens is 268 g/mol. The average molecular weight is 298 g/mol. The van der Waals surface area contributed by atoms with Crippen LogP contribution >= 0.6 is 0 Å². The minimum Gasteiger partial charge on any atom is -0.378 e. The summed E-state index contributed by atoms with van der Waals surface area (Å²) >= 11 is 0. The molecule has 2 unspecified atom stereocenters. The predicted molar refractivity (Wildman–Crippen MR) is 94.0 cm³/mol. The molecule has 1 aliphatic heterocycles. The number of benzene rings is 1. The van der Waals surface area contributed by atoms with Crippen molar-refractivity contribution in [1.29, 1.82) is 0 Å². The molecular formula is C21H30O. The van der Waals surface area contributed by atoms with Crippen LogP contribution in [0.2, 0.25) is 0 Å². The van der Waals surface area contributed by atoms with Gasteiger partial charge in [-0.1, -0.05) is 61.6 Å². The Morgan fingerprint density at radius 1 is 0.909 bits per heavy atom. The summed E-state index contributed by atoms with van der Waals surface area (Å²) < 4.78 is 6.28. The van der Waals surface area contributed by atoms with Crippen LogP contribution in [-0.2, 0) is 11.2 Å². The van der Waals surface area contributed by atoms with Crippen molar-refractivity contribution in [3.63, 3.8) is 0 Å². The summed E-state index contributed by atoms with van der Waals surface area (Å²) in [5, 5.41) is 0. The zero-order chi connectivity index (χ0) is 15.2. The van der Waals surface area contributed by atoms with Gasteiger partial charge in [0.25, 0.3) is 0 Å². The molecule has 22 heavy (non-hydrogen) atoms. The Morgan fingerprint density at radius 3 is 2.68 bits per heavy atom. The van der Waals surface area contributed by atoms with Crippen LogP contribution in [-0.4, -0.2) is 12.7 Å². The lowest BCUT2D eigenvalue weighted by atomic mass is 9.81. The lowest BCUT2D eigenvalue weighted by Crippen LogP contribution is -2.29. The predicted octanol–water partition coefficient (Wildman–Crippen LogP) is 5.78. The first-order valence-electron chi connectivity index (χ1n) is 9.22. The Morgan fingerprint density at radius 2 is 1.73 bits per heavy atom. The fraction of sp³-hybridized carbons (Fsp3) is 0.619. The van der Waals surface area contributed by atoms with E-state index in [0.29, 0.717) is 12.0 Å². The maximum absolute atomic E-state index is 6.28. The van der Waals surface area contributed by atoms with Crippen molar-refractivity contribution in [3.8, 4) is 0 Å². The Bertz CT molecular complexity index is 502. The standard InChI is InChI=1S/C21H30O/c1-17-16-19-12-6-5-11-18(19)10-4-2-3-9-15-22-21-14-8-7-13-20(17)21/h5-6,11-12,16,20-21H,2-4,7-10,13-15H2,1H3/b17-16-. The second-order valence-electron chi connectivity index (χ2n) is 7.05. The molecule has 3 rings (SSSR count). The summed E-state index contributed by atoms with van der Waals surface area (Å²) in [5.41, 5.74) is 4.48. The molecule has 1 aliphatic carbocycles. The van der Waals surface area contributed by atoms with Crippen LogP contribution < -0.4 is 0 Å². The van der Waals surface area contributed by atoms with Gasteiger partial charge >= 0.3 is 0 Å². The first-order valence-corrected chi connectivity index (χ1v) is 9.22. The highest BCUT2D eigenvalue weighted by molar-refractivity contribution is 5.57. The second kappa shape index (κ2) is 7.97. The molecule has 0 bridgehead atoms. The maximum Gasteiger partial charge on any atom is 0.0640 e. The van der Waals surface area contributed by atoms with Gasteiger partial charge in [0.1, 0.15) is 0 Å². The smallest absolute Gasteiger partial charge is 0.0640 e. The van der Waals surface area contributed by atoms with E-state index < -0.39 is 0 Å². The van der Waals surface area contributed by atoms with Crippen LogP contribution in [0.3, 0.4) is 0 Å². The van der Waals surface area contributed by atoms with E-state index in [1.165, 1.54) is 74.5 Å². The fourth-order valence-electron chi connectivity index (χ4n) is 4.08. The van der Waals surface area contributed by atoms with E-state index >= 15 is 0 Å². The van der Waals surface area contributed by atoms with Gasteiger partial charge in [0.15, 0.2) is 0 Å². The lowest BCUT2D eigenvalue weighted by molar-refractivity contribution is -0.000907. The third-order valence-corrected chi connectivity index (χ3v) is 5.40. The van der Waals surface area contributed by atoms with Crippen molar-refractivity contribution in [3.05, 3.63) is 41.0 Å². The van der Waals surface area contributed by atoms with E-state index in [2.05, 4.69) is 37.3 Å². The van der Waals surface area contributed by atoms with Gasteiger partial charge in [-0.15, -0.1) is 0 Å². The maximum atomic E-state index is 6.28. The highest BCUT2D eigenvalue weighted by atomic mass is 16.5. The quantitative estimate of drug-likeness (QED) is 0.589. The van der Waals surface area contributed by atoms with Crippen molar-refractivity contribution in [2.24, 2.45) is 5.92 Å². The summed E-state index contributed by atoms with van der Waals surface area (Å²) in [6.45, 7) is 3.28. The second-order valence-corrected chi connectivity index (χ2v) is 7.05. The molecule has 1 aromatic rings. The largest absolute Gasteiger partial charge is 0.378 e. The lowest BCUT2D eigenvalue weighted by Gasteiger charge is -2.32. The zero-order valence-corrected chi connectivity index (χ0v) is 14.0. The number of ether oxygens (including phenoxy) is 1. The number of hydrogen-bond acceptors (Lipinski definition) is 1. The molecule has 0 aromatic heterocycles. The molecule has 0 saturated heterocycles. The van der Waals surface area contributed by atoms with Gasteiger partial charge in [0.2, 0.25) is 0 Å². The zero-order valence-electron chi connectivity index (χ0n) is 14.0. The highest BCUT2D eigenvalue weighted by Gasteiger charge is 2.27. The third kappa shape index (κ3) is 4.01. The number of hydrogen-bond donors (Lipinski definition) is 0. The van der Waals surface area contributed by atoms with E-state index in [4.69, 9.17) is 4.74 Å². The molecule has 1 nitrogen and oxygen atoms in total. The normalized spacial score (nSPS) is 29.8. The van der Waals surface area contributed by atoms with Gasteiger partial charge in [-0.25, -0.2) is 0 Å². The van der Waals surface area contributed by atoms with Gasteiger partial charge in [-0.2, -0.15) is 0 Å². The van der Waals surface area contributed by atoms with Gasteiger partial charge in [0, 0.05) is 12.5 Å². The monoisotopic (exact) mass is 298 g/mol. The van der Waals surface area contributed by atoms with Crippen molar-refractivity contribution in [2.75, 3.05) is 6.61 Å². The minimum atomic E-state index is 0.456. The topological polar surface area (TPSA) is 9.23 Å². The fourth-order valence-corrected chi connectivity index (χ4v) is 4.08. The van der Waals surface area contributed by atoms with Crippen molar-refractivity contribution in [1.82, 2.24) is 0 Å². The van der Waals surface area contributed by atoms with Gasteiger partial charge in [0.05, 0.1) is 6.10 Å². The molecule has 2 atom stereocenters. The molecule has 1 heteroatoms. The Balaban J connectivity index is 1.87. The average Bonchev–Trinajstić information content (AvgIpc) is 2.56. The molecule has 0 radical (unpaired) electrons. The van der Waals surface area contributed by atoms with E-state index in [1.807, 2.05) is 0 Å². The van der Waals surface area contributed by atoms with Crippen molar-refractivity contribution >= 4 is 6.08 Å². The summed E-state index contributed by atoms with van der Waals surface area (Å²) in [4.78, 5) is 0. The molecule has 1 saturated carbocycles. The number of rotatable bonds is 0. The first-order chi connectivity index (χ1) is 10.8. The summed E-state index contributed by atoms with van der Waals surface area (Å²) in [7, 11) is 0. The molecule has 0 spiro atoms. The van der Waals surface area contributed by atoms with Crippen LogP contribution in [0.4, 0.5) is 0 Å². The minimum absolute atomic E-state index is 0.456. The van der Waals surface area contributed by atoms with E-state index in [9.17, 15) is 0 Å². The Labute approximate surface area is 135 Å². The van der Waals surface area contributed by atoms with Crippen LogP contribution in [0.1, 0.15) is 69.4 Å². The molecule has 0 N–H and O–H groups in total. The molecule has 2 aliphatic rings. The van der Waals surface area contributed by atoms with E-state index in [1.54, 1.807) is 0 Å².